The molecule has 0 fully saturated rings. The number of halogens is 1. The van der Waals surface area contributed by atoms with Crippen LogP contribution in [0, 0.1) is 6.92 Å². The number of aromatic nitrogens is 7. The molecule has 0 aliphatic rings. The standard InChI is InChI=1S/C20H20ClN7S/c1-3-12-27-18(22-25-26-27)13-29-20-24-23-19(15-6-8-16(21)9-7-15)28(20)17-10-4-14(2)5-11-17/h4-11H,3,12-13H2,1-2H3. The molecule has 0 atom stereocenters. The van der Waals surface area contributed by atoms with E-state index in [-0.39, 0.29) is 0 Å². The Morgan fingerprint density at radius 2 is 1.72 bits per heavy atom. The van der Waals surface area contributed by atoms with Gasteiger partial charge in [-0.3, -0.25) is 4.57 Å². The van der Waals surface area contributed by atoms with E-state index in [1.54, 1.807) is 11.8 Å². The van der Waals surface area contributed by atoms with Crippen molar-refractivity contribution in [3.63, 3.8) is 0 Å². The highest BCUT2D eigenvalue weighted by Gasteiger charge is 2.17. The smallest absolute Gasteiger partial charge is 0.196 e. The molecule has 0 aliphatic heterocycles. The van der Waals surface area contributed by atoms with Crippen LogP contribution in [0.5, 0.6) is 0 Å². The van der Waals surface area contributed by atoms with E-state index < -0.39 is 0 Å². The van der Waals surface area contributed by atoms with Crippen LogP contribution in [0.15, 0.2) is 53.7 Å². The largest absolute Gasteiger partial charge is 0.270 e. The minimum Gasteiger partial charge on any atom is -0.270 e. The molecule has 7 nitrogen and oxygen atoms in total. The molecule has 2 aromatic heterocycles. The van der Waals surface area contributed by atoms with Crippen LogP contribution in [0.4, 0.5) is 0 Å². The van der Waals surface area contributed by atoms with Crippen LogP contribution in [0.1, 0.15) is 24.7 Å². The van der Waals surface area contributed by atoms with E-state index in [0.717, 1.165) is 41.0 Å². The first-order valence-electron chi connectivity index (χ1n) is 9.32. The molecule has 2 aromatic carbocycles. The molecule has 2 heterocycles. The third kappa shape index (κ3) is 4.33. The van der Waals surface area contributed by atoms with E-state index >= 15 is 0 Å². The van der Waals surface area contributed by atoms with Gasteiger partial charge in [-0.15, -0.1) is 15.3 Å². The first kappa shape index (κ1) is 19.6. The minimum atomic E-state index is 0.609. The molecule has 4 rings (SSSR count). The summed E-state index contributed by atoms with van der Waals surface area (Å²) in [5.74, 6) is 2.20. The molecule has 0 aliphatic carbocycles. The van der Waals surface area contributed by atoms with E-state index in [2.05, 4.69) is 68.4 Å². The highest BCUT2D eigenvalue weighted by molar-refractivity contribution is 7.98. The monoisotopic (exact) mass is 425 g/mol. The maximum absolute atomic E-state index is 6.06. The zero-order chi connectivity index (χ0) is 20.2. The summed E-state index contributed by atoms with van der Waals surface area (Å²) in [6, 6.07) is 15.9. The van der Waals surface area contributed by atoms with Crippen molar-refractivity contribution in [1.29, 1.82) is 0 Å². The molecular weight excluding hydrogens is 406 g/mol. The number of aryl methyl sites for hydroxylation is 2. The van der Waals surface area contributed by atoms with Gasteiger partial charge in [-0.1, -0.05) is 48.0 Å². The molecule has 9 heteroatoms. The lowest BCUT2D eigenvalue weighted by atomic mass is 10.2. The van der Waals surface area contributed by atoms with E-state index in [1.165, 1.54) is 5.56 Å². The van der Waals surface area contributed by atoms with Crippen molar-refractivity contribution < 1.29 is 0 Å². The molecule has 0 spiro atoms. The van der Waals surface area contributed by atoms with Gasteiger partial charge in [-0.25, -0.2) is 4.68 Å². The number of hydrogen-bond acceptors (Lipinski definition) is 6. The zero-order valence-electron chi connectivity index (χ0n) is 16.2. The Morgan fingerprint density at radius 1 is 0.966 bits per heavy atom. The van der Waals surface area contributed by atoms with Crippen molar-refractivity contribution in [1.82, 2.24) is 35.0 Å². The topological polar surface area (TPSA) is 74.3 Å². The maximum Gasteiger partial charge on any atom is 0.196 e. The summed E-state index contributed by atoms with van der Waals surface area (Å²) in [6.45, 7) is 4.97. The molecule has 29 heavy (non-hydrogen) atoms. The first-order chi connectivity index (χ1) is 14.2. The van der Waals surface area contributed by atoms with Crippen LogP contribution in [0.25, 0.3) is 17.1 Å². The van der Waals surface area contributed by atoms with Gasteiger partial charge < -0.3 is 0 Å². The number of nitrogens with zero attached hydrogens (tertiary/aromatic N) is 7. The molecule has 0 unspecified atom stereocenters. The van der Waals surface area contributed by atoms with Gasteiger partial charge in [0, 0.05) is 22.8 Å². The summed E-state index contributed by atoms with van der Waals surface area (Å²) in [5.41, 5.74) is 3.15. The molecule has 0 amide bonds. The zero-order valence-corrected chi connectivity index (χ0v) is 17.7. The second-order valence-electron chi connectivity index (χ2n) is 6.59. The fraction of sp³-hybridized carbons (Fsp3) is 0.250. The van der Waals surface area contributed by atoms with Gasteiger partial charge in [-0.05, 0) is 60.2 Å². The van der Waals surface area contributed by atoms with Gasteiger partial charge in [0.05, 0.1) is 5.75 Å². The van der Waals surface area contributed by atoms with Crippen molar-refractivity contribution in [3.05, 3.63) is 64.9 Å². The fourth-order valence-corrected chi connectivity index (χ4v) is 3.93. The molecular formula is C20H20ClN7S. The molecule has 0 saturated carbocycles. The molecule has 0 radical (unpaired) electrons. The summed E-state index contributed by atoms with van der Waals surface area (Å²) in [4.78, 5) is 0. The van der Waals surface area contributed by atoms with E-state index in [9.17, 15) is 0 Å². The van der Waals surface area contributed by atoms with Crippen molar-refractivity contribution in [3.8, 4) is 17.1 Å². The summed E-state index contributed by atoms with van der Waals surface area (Å²) in [5, 5.41) is 22.4. The van der Waals surface area contributed by atoms with Crippen molar-refractivity contribution in [2.45, 2.75) is 37.7 Å². The van der Waals surface area contributed by atoms with Crippen LogP contribution in [-0.2, 0) is 12.3 Å². The number of benzene rings is 2. The number of hydrogen-bond donors (Lipinski definition) is 0. The first-order valence-corrected chi connectivity index (χ1v) is 10.7. The Bertz CT molecular complexity index is 1090. The van der Waals surface area contributed by atoms with E-state index in [1.807, 2.05) is 28.9 Å². The average molecular weight is 426 g/mol. The van der Waals surface area contributed by atoms with Crippen LogP contribution in [0.3, 0.4) is 0 Å². The Morgan fingerprint density at radius 3 is 2.45 bits per heavy atom. The Balaban J connectivity index is 1.70. The third-order valence-corrected chi connectivity index (χ3v) is 5.58. The summed E-state index contributed by atoms with van der Waals surface area (Å²) < 4.78 is 3.89. The maximum atomic E-state index is 6.06. The van der Waals surface area contributed by atoms with Gasteiger partial charge in [0.1, 0.15) is 0 Å². The predicted molar refractivity (Wildman–Crippen MR) is 114 cm³/mol. The Kier molecular flexibility index (Phi) is 5.92. The van der Waals surface area contributed by atoms with Crippen LogP contribution in [0.2, 0.25) is 5.02 Å². The lowest BCUT2D eigenvalue weighted by Gasteiger charge is -2.11. The highest BCUT2D eigenvalue weighted by Crippen LogP contribution is 2.30. The Labute approximate surface area is 178 Å². The summed E-state index contributed by atoms with van der Waals surface area (Å²) in [6.07, 6.45) is 0.975. The quantitative estimate of drug-likeness (QED) is 0.403. The Hall–Kier alpha value is -2.71. The second-order valence-corrected chi connectivity index (χ2v) is 7.97. The van der Waals surface area contributed by atoms with Crippen molar-refractivity contribution in [2.24, 2.45) is 0 Å². The number of tetrazole rings is 1. The van der Waals surface area contributed by atoms with Crippen LogP contribution < -0.4 is 0 Å². The SMILES string of the molecule is CCCn1nnnc1CSc1nnc(-c2ccc(Cl)cc2)n1-c1ccc(C)cc1. The fourth-order valence-electron chi connectivity index (χ4n) is 2.92. The van der Waals surface area contributed by atoms with Gasteiger partial charge in [0.25, 0.3) is 0 Å². The molecule has 0 bridgehead atoms. The average Bonchev–Trinajstić information content (AvgIpc) is 3.35. The third-order valence-electron chi connectivity index (χ3n) is 4.40. The summed E-state index contributed by atoms with van der Waals surface area (Å²) in [7, 11) is 0. The van der Waals surface area contributed by atoms with Crippen LogP contribution >= 0.6 is 23.4 Å². The predicted octanol–water partition coefficient (Wildman–Crippen LogP) is 4.58. The van der Waals surface area contributed by atoms with Gasteiger partial charge in [0.2, 0.25) is 0 Å². The number of rotatable bonds is 7. The molecule has 0 saturated heterocycles. The van der Waals surface area contributed by atoms with Gasteiger partial charge in [0.15, 0.2) is 16.8 Å². The van der Waals surface area contributed by atoms with Crippen LogP contribution in [-0.4, -0.2) is 35.0 Å². The minimum absolute atomic E-state index is 0.609. The normalized spacial score (nSPS) is 11.1. The van der Waals surface area contributed by atoms with Gasteiger partial charge >= 0.3 is 0 Å². The lowest BCUT2D eigenvalue weighted by molar-refractivity contribution is 0.564. The van der Waals surface area contributed by atoms with Crippen molar-refractivity contribution in [2.75, 3.05) is 0 Å². The van der Waals surface area contributed by atoms with E-state index in [0.29, 0.717) is 10.8 Å². The van der Waals surface area contributed by atoms with E-state index in [4.69, 9.17) is 11.6 Å². The summed E-state index contributed by atoms with van der Waals surface area (Å²) >= 11 is 7.62. The lowest BCUT2D eigenvalue weighted by Crippen LogP contribution is -2.05. The number of thioether (sulfide) groups is 1. The molecule has 148 valence electrons. The highest BCUT2D eigenvalue weighted by atomic mass is 35.5. The molecule has 0 N–H and O–H groups in total. The van der Waals surface area contributed by atoms with Crippen molar-refractivity contribution >= 4 is 23.4 Å². The van der Waals surface area contributed by atoms with Gasteiger partial charge in [-0.2, -0.15) is 0 Å². The second kappa shape index (κ2) is 8.75. The molecule has 4 aromatic rings.